The lowest BCUT2D eigenvalue weighted by Gasteiger charge is -2.27. The van der Waals surface area contributed by atoms with E-state index in [1.54, 1.807) is 0 Å². The van der Waals surface area contributed by atoms with Gasteiger partial charge in [-0.2, -0.15) is 0 Å². The topological polar surface area (TPSA) is 46.2 Å². The number of carbonyl (C=O) groups is 2. The normalized spacial score (nSPS) is 48.3. The molecule has 0 aromatic heterocycles. The van der Waals surface area contributed by atoms with Crippen LogP contribution in [0.25, 0.3) is 0 Å². The monoisotopic (exact) mass is 163 g/mol. The first kappa shape index (κ1) is 6.40. The van der Waals surface area contributed by atoms with Gasteiger partial charge < -0.3 is 0 Å². The highest BCUT2D eigenvalue weighted by molar-refractivity contribution is 6.07. The number of nitrogens with one attached hydrogen (secondary N) is 1. The van der Waals surface area contributed by atoms with Gasteiger partial charge in [-0.15, -0.1) is 0 Å². The Morgan fingerprint density at radius 1 is 1.08 bits per heavy atom. The summed E-state index contributed by atoms with van der Waals surface area (Å²) in [4.78, 5) is 22.9. The molecule has 2 bridgehead atoms. The van der Waals surface area contributed by atoms with Crippen molar-refractivity contribution in [3.05, 3.63) is 12.2 Å². The summed E-state index contributed by atoms with van der Waals surface area (Å²) in [6.45, 7) is 0. The third-order valence-electron chi connectivity index (χ3n) is 3.50. The summed E-state index contributed by atoms with van der Waals surface area (Å²) in [5.74, 6) is -0.177. The van der Waals surface area contributed by atoms with Gasteiger partial charge in [0.15, 0.2) is 0 Å². The van der Waals surface area contributed by atoms with Crippen LogP contribution in [0.2, 0.25) is 0 Å². The summed E-state index contributed by atoms with van der Waals surface area (Å²) in [6, 6.07) is 0. The molecule has 3 aliphatic rings. The molecule has 1 saturated carbocycles. The molecule has 0 aromatic carbocycles. The SMILES string of the molecule is O=C1NC(=O)C23C=CC1(CC2)C3. The van der Waals surface area contributed by atoms with E-state index in [-0.39, 0.29) is 22.6 Å². The van der Waals surface area contributed by atoms with Crippen molar-refractivity contribution < 1.29 is 9.59 Å². The molecule has 0 spiro atoms. The van der Waals surface area contributed by atoms with E-state index < -0.39 is 0 Å². The Morgan fingerprint density at radius 2 is 1.58 bits per heavy atom. The van der Waals surface area contributed by atoms with E-state index in [0.717, 1.165) is 19.3 Å². The van der Waals surface area contributed by atoms with Gasteiger partial charge in [0.1, 0.15) is 0 Å². The van der Waals surface area contributed by atoms with Crippen molar-refractivity contribution in [2.75, 3.05) is 0 Å². The van der Waals surface area contributed by atoms with Crippen molar-refractivity contribution in [2.45, 2.75) is 19.3 Å². The van der Waals surface area contributed by atoms with Crippen LogP contribution in [0.4, 0.5) is 0 Å². The van der Waals surface area contributed by atoms with Crippen LogP contribution in [0.3, 0.4) is 0 Å². The molecule has 1 N–H and O–H groups in total. The zero-order valence-electron chi connectivity index (χ0n) is 6.59. The van der Waals surface area contributed by atoms with Gasteiger partial charge in [0.25, 0.3) is 0 Å². The van der Waals surface area contributed by atoms with Gasteiger partial charge >= 0.3 is 0 Å². The van der Waals surface area contributed by atoms with Crippen molar-refractivity contribution >= 4 is 11.8 Å². The number of amides is 2. The molecule has 2 aliphatic carbocycles. The molecular weight excluding hydrogens is 154 g/mol. The van der Waals surface area contributed by atoms with Crippen molar-refractivity contribution in [3.63, 3.8) is 0 Å². The number of hydrogen-bond donors (Lipinski definition) is 1. The van der Waals surface area contributed by atoms with E-state index in [1.807, 2.05) is 12.2 Å². The molecule has 2 atom stereocenters. The fraction of sp³-hybridized carbons (Fsp3) is 0.556. The molecular formula is C9H9NO2. The average Bonchev–Trinajstić information content (AvgIpc) is 2.56. The van der Waals surface area contributed by atoms with E-state index >= 15 is 0 Å². The summed E-state index contributed by atoms with van der Waals surface area (Å²) in [5.41, 5.74) is -0.623. The Morgan fingerprint density at radius 3 is 2.00 bits per heavy atom. The fourth-order valence-electron chi connectivity index (χ4n) is 2.68. The second-order valence-electron chi connectivity index (χ2n) is 4.11. The molecule has 3 heteroatoms. The Labute approximate surface area is 69.8 Å². The van der Waals surface area contributed by atoms with Crippen LogP contribution in [-0.4, -0.2) is 11.8 Å². The molecule has 1 aliphatic heterocycles. The van der Waals surface area contributed by atoms with Crippen molar-refractivity contribution in [1.29, 1.82) is 0 Å². The van der Waals surface area contributed by atoms with Crippen LogP contribution in [0, 0.1) is 10.8 Å². The van der Waals surface area contributed by atoms with E-state index in [2.05, 4.69) is 5.32 Å². The number of carbonyl (C=O) groups excluding carboxylic acids is 2. The second kappa shape index (κ2) is 1.49. The van der Waals surface area contributed by atoms with Gasteiger partial charge in [-0.3, -0.25) is 14.9 Å². The van der Waals surface area contributed by atoms with Crippen molar-refractivity contribution in [2.24, 2.45) is 10.8 Å². The minimum absolute atomic E-state index is 0.0885. The van der Waals surface area contributed by atoms with Crippen molar-refractivity contribution in [1.82, 2.24) is 5.32 Å². The zero-order chi connectivity index (χ0) is 8.40. The van der Waals surface area contributed by atoms with Crippen LogP contribution < -0.4 is 5.32 Å². The van der Waals surface area contributed by atoms with Gasteiger partial charge in [0, 0.05) is 0 Å². The molecule has 12 heavy (non-hydrogen) atoms. The Hall–Kier alpha value is -1.12. The molecule has 1 heterocycles. The third kappa shape index (κ3) is 0.453. The van der Waals surface area contributed by atoms with Crippen LogP contribution in [-0.2, 0) is 9.59 Å². The largest absolute Gasteiger partial charge is 0.295 e. The predicted molar refractivity (Wildman–Crippen MR) is 41.0 cm³/mol. The lowest BCUT2D eigenvalue weighted by molar-refractivity contribution is -0.141. The summed E-state index contributed by atoms with van der Waals surface area (Å²) in [6.07, 6.45) is 6.28. The maximum atomic E-state index is 11.5. The van der Waals surface area contributed by atoms with E-state index in [4.69, 9.17) is 0 Å². The average molecular weight is 163 g/mol. The lowest BCUT2D eigenvalue weighted by atomic mass is 9.82. The third-order valence-corrected chi connectivity index (χ3v) is 3.50. The molecule has 62 valence electrons. The minimum atomic E-state index is -0.312. The molecule has 2 amide bonds. The first-order valence-electron chi connectivity index (χ1n) is 4.23. The standard InChI is InChI=1S/C9H9NO2/c11-6-8-1-2-9(5-8,4-3-8)7(12)10-6/h1-2H,3-5H2,(H,10,11,12). The second-order valence-corrected chi connectivity index (χ2v) is 4.11. The summed E-state index contributed by atoms with van der Waals surface area (Å²) in [7, 11) is 0. The Bertz CT molecular complexity index is 303. The maximum Gasteiger partial charge on any atom is 0.236 e. The maximum absolute atomic E-state index is 11.5. The smallest absolute Gasteiger partial charge is 0.236 e. The Balaban J connectivity index is 2.23. The highest BCUT2D eigenvalue weighted by Gasteiger charge is 2.62. The number of rotatable bonds is 0. The van der Waals surface area contributed by atoms with E-state index in [0.29, 0.717) is 0 Å². The number of imide groups is 1. The molecule has 0 radical (unpaired) electrons. The predicted octanol–water partition coefficient (Wildman–Crippen LogP) is 0.369. The van der Waals surface area contributed by atoms with E-state index in [1.165, 1.54) is 0 Å². The summed E-state index contributed by atoms with van der Waals surface area (Å²) in [5, 5.41) is 2.44. The molecule has 0 aromatic rings. The molecule has 1 saturated heterocycles. The molecule has 2 fully saturated rings. The highest BCUT2D eigenvalue weighted by Crippen LogP contribution is 2.59. The van der Waals surface area contributed by atoms with E-state index in [9.17, 15) is 9.59 Å². The Kier molecular flexibility index (Phi) is 0.794. The van der Waals surface area contributed by atoms with Gasteiger partial charge in [-0.25, -0.2) is 0 Å². The fourth-order valence-corrected chi connectivity index (χ4v) is 2.68. The number of hydrogen-bond acceptors (Lipinski definition) is 2. The molecule has 3 rings (SSSR count). The quantitative estimate of drug-likeness (QED) is 0.414. The summed E-state index contributed by atoms with van der Waals surface area (Å²) >= 11 is 0. The first-order chi connectivity index (χ1) is 5.67. The van der Waals surface area contributed by atoms with Crippen LogP contribution in [0.15, 0.2) is 12.2 Å². The summed E-state index contributed by atoms with van der Waals surface area (Å²) < 4.78 is 0. The van der Waals surface area contributed by atoms with Gasteiger partial charge in [0.2, 0.25) is 11.8 Å². The van der Waals surface area contributed by atoms with Gasteiger partial charge in [-0.05, 0) is 19.3 Å². The number of piperidine rings is 1. The van der Waals surface area contributed by atoms with Gasteiger partial charge in [-0.1, -0.05) is 12.2 Å². The van der Waals surface area contributed by atoms with Gasteiger partial charge in [0.05, 0.1) is 10.8 Å². The zero-order valence-corrected chi connectivity index (χ0v) is 6.59. The highest BCUT2D eigenvalue weighted by atomic mass is 16.2. The first-order valence-corrected chi connectivity index (χ1v) is 4.23. The van der Waals surface area contributed by atoms with Crippen LogP contribution in [0.5, 0.6) is 0 Å². The lowest BCUT2D eigenvalue weighted by Crippen LogP contribution is -2.49. The molecule has 3 nitrogen and oxygen atoms in total. The van der Waals surface area contributed by atoms with Crippen LogP contribution in [0.1, 0.15) is 19.3 Å². The molecule has 2 unspecified atom stereocenters. The minimum Gasteiger partial charge on any atom is -0.295 e. The van der Waals surface area contributed by atoms with Crippen molar-refractivity contribution in [3.8, 4) is 0 Å². The van der Waals surface area contributed by atoms with Crippen LogP contribution >= 0.6 is 0 Å².